The molecule has 2 unspecified atom stereocenters. The first-order valence-corrected chi connectivity index (χ1v) is 11.3. The van der Waals surface area contributed by atoms with Crippen LogP contribution in [0.15, 0.2) is 48.5 Å². The van der Waals surface area contributed by atoms with Gasteiger partial charge >= 0.3 is 0 Å². The highest BCUT2D eigenvalue weighted by molar-refractivity contribution is 5.48. The molecule has 0 bridgehead atoms. The van der Waals surface area contributed by atoms with Crippen LogP contribution >= 0.6 is 0 Å². The molecule has 2 aromatic carbocycles. The van der Waals surface area contributed by atoms with E-state index in [9.17, 15) is 0 Å². The van der Waals surface area contributed by atoms with Crippen molar-refractivity contribution >= 4 is 11.4 Å². The maximum Gasteiger partial charge on any atom is 0.0366 e. The second kappa shape index (κ2) is 10.5. The van der Waals surface area contributed by atoms with Crippen LogP contribution in [0.3, 0.4) is 0 Å². The molecule has 152 valence electrons. The Balaban J connectivity index is 1.33. The average molecular weight is 379 g/mol. The standard InChI is InChI=1S/C26H38N2/c1-4-23(16-18-27-25-12-8-21(2)9-13-25)6-5-7-24-17-19-28(20-24)26-14-10-22(3)11-15-26/h8-15,23-24,27H,4-7,16-20H2,1-3H3. The van der Waals surface area contributed by atoms with E-state index in [4.69, 9.17) is 0 Å². The van der Waals surface area contributed by atoms with Crippen LogP contribution in [0.25, 0.3) is 0 Å². The maximum absolute atomic E-state index is 3.59. The molecule has 0 aromatic heterocycles. The normalized spacial score (nSPS) is 17.7. The van der Waals surface area contributed by atoms with Crippen molar-refractivity contribution in [2.24, 2.45) is 11.8 Å². The molecule has 28 heavy (non-hydrogen) atoms. The minimum absolute atomic E-state index is 0.854. The van der Waals surface area contributed by atoms with Crippen LogP contribution in [-0.4, -0.2) is 19.6 Å². The van der Waals surface area contributed by atoms with Gasteiger partial charge in [-0.15, -0.1) is 0 Å². The van der Waals surface area contributed by atoms with Gasteiger partial charge in [-0.3, -0.25) is 0 Å². The molecule has 3 rings (SSSR count). The molecule has 0 spiro atoms. The monoisotopic (exact) mass is 378 g/mol. The van der Waals surface area contributed by atoms with Crippen LogP contribution in [-0.2, 0) is 0 Å². The highest BCUT2D eigenvalue weighted by atomic mass is 15.1. The topological polar surface area (TPSA) is 15.3 Å². The third-order valence-electron chi connectivity index (χ3n) is 6.42. The molecule has 1 aliphatic rings. The van der Waals surface area contributed by atoms with Gasteiger partial charge in [0.2, 0.25) is 0 Å². The molecular formula is C26H38N2. The molecule has 1 saturated heterocycles. The van der Waals surface area contributed by atoms with Gasteiger partial charge in [-0.1, -0.05) is 61.6 Å². The fourth-order valence-electron chi connectivity index (χ4n) is 4.40. The van der Waals surface area contributed by atoms with Crippen LogP contribution in [0, 0.1) is 25.7 Å². The number of hydrogen-bond acceptors (Lipinski definition) is 2. The molecule has 0 radical (unpaired) electrons. The van der Waals surface area contributed by atoms with Gasteiger partial charge in [0.25, 0.3) is 0 Å². The lowest BCUT2D eigenvalue weighted by Gasteiger charge is -2.20. The minimum Gasteiger partial charge on any atom is -0.385 e. The van der Waals surface area contributed by atoms with Gasteiger partial charge in [0.15, 0.2) is 0 Å². The highest BCUT2D eigenvalue weighted by Crippen LogP contribution is 2.28. The molecule has 2 heteroatoms. The van der Waals surface area contributed by atoms with Gasteiger partial charge in [0.05, 0.1) is 0 Å². The summed E-state index contributed by atoms with van der Waals surface area (Å²) in [6.07, 6.45) is 8.10. The van der Waals surface area contributed by atoms with Crippen molar-refractivity contribution in [1.29, 1.82) is 0 Å². The van der Waals surface area contributed by atoms with Crippen LogP contribution in [0.1, 0.15) is 56.6 Å². The largest absolute Gasteiger partial charge is 0.385 e. The summed E-state index contributed by atoms with van der Waals surface area (Å²) < 4.78 is 0. The number of anilines is 2. The summed E-state index contributed by atoms with van der Waals surface area (Å²) in [6, 6.07) is 17.8. The van der Waals surface area contributed by atoms with E-state index >= 15 is 0 Å². The predicted octanol–water partition coefficient (Wildman–Crippen LogP) is 6.83. The Morgan fingerprint density at radius 2 is 1.64 bits per heavy atom. The van der Waals surface area contributed by atoms with E-state index in [1.807, 2.05) is 0 Å². The Kier molecular flexibility index (Phi) is 7.82. The van der Waals surface area contributed by atoms with E-state index in [0.29, 0.717) is 0 Å². The smallest absolute Gasteiger partial charge is 0.0366 e. The Labute approximate surface area is 172 Å². The summed E-state index contributed by atoms with van der Waals surface area (Å²) in [5.41, 5.74) is 5.33. The predicted molar refractivity (Wildman–Crippen MR) is 123 cm³/mol. The van der Waals surface area contributed by atoms with Crippen molar-refractivity contribution in [2.45, 2.75) is 59.3 Å². The van der Waals surface area contributed by atoms with E-state index in [1.54, 1.807) is 0 Å². The summed E-state index contributed by atoms with van der Waals surface area (Å²) in [5.74, 6) is 1.73. The summed E-state index contributed by atoms with van der Waals surface area (Å²) in [5, 5.41) is 3.59. The Morgan fingerprint density at radius 1 is 0.964 bits per heavy atom. The third-order valence-corrected chi connectivity index (χ3v) is 6.42. The molecular weight excluding hydrogens is 340 g/mol. The van der Waals surface area contributed by atoms with Crippen LogP contribution in [0.2, 0.25) is 0 Å². The van der Waals surface area contributed by atoms with E-state index in [0.717, 1.165) is 18.4 Å². The first-order valence-electron chi connectivity index (χ1n) is 11.3. The van der Waals surface area contributed by atoms with Crippen molar-refractivity contribution in [3.63, 3.8) is 0 Å². The molecule has 2 nitrogen and oxygen atoms in total. The summed E-state index contributed by atoms with van der Waals surface area (Å²) in [6.45, 7) is 10.2. The molecule has 1 fully saturated rings. The van der Waals surface area contributed by atoms with Gasteiger partial charge in [0, 0.05) is 31.0 Å². The van der Waals surface area contributed by atoms with Crippen molar-refractivity contribution in [1.82, 2.24) is 0 Å². The first-order chi connectivity index (χ1) is 13.6. The number of hydrogen-bond donors (Lipinski definition) is 1. The second-order valence-corrected chi connectivity index (χ2v) is 8.72. The number of nitrogens with one attached hydrogen (secondary N) is 1. The zero-order valence-corrected chi connectivity index (χ0v) is 18.1. The molecule has 0 aliphatic carbocycles. The van der Waals surface area contributed by atoms with Gasteiger partial charge in [-0.25, -0.2) is 0 Å². The third kappa shape index (κ3) is 6.29. The van der Waals surface area contributed by atoms with Crippen molar-refractivity contribution in [3.8, 4) is 0 Å². The van der Waals surface area contributed by atoms with Crippen LogP contribution in [0.4, 0.5) is 11.4 Å². The summed E-state index contributed by atoms with van der Waals surface area (Å²) in [7, 11) is 0. The number of nitrogens with zero attached hydrogens (tertiary/aromatic N) is 1. The maximum atomic E-state index is 3.59. The van der Waals surface area contributed by atoms with E-state index < -0.39 is 0 Å². The zero-order chi connectivity index (χ0) is 19.8. The average Bonchev–Trinajstić information content (AvgIpc) is 3.17. The number of benzene rings is 2. The van der Waals surface area contributed by atoms with Gasteiger partial charge < -0.3 is 10.2 Å². The van der Waals surface area contributed by atoms with Crippen molar-refractivity contribution in [2.75, 3.05) is 29.9 Å². The minimum atomic E-state index is 0.854. The fraction of sp³-hybridized carbons (Fsp3) is 0.538. The summed E-state index contributed by atoms with van der Waals surface area (Å²) >= 11 is 0. The number of aryl methyl sites for hydroxylation is 2. The van der Waals surface area contributed by atoms with E-state index in [2.05, 4.69) is 79.5 Å². The lowest BCUT2D eigenvalue weighted by Crippen LogP contribution is -2.19. The first kappa shape index (κ1) is 20.8. The van der Waals surface area contributed by atoms with Gasteiger partial charge in [-0.05, 0) is 69.2 Å². The molecule has 1 aliphatic heterocycles. The van der Waals surface area contributed by atoms with Crippen LogP contribution < -0.4 is 10.2 Å². The zero-order valence-electron chi connectivity index (χ0n) is 18.1. The van der Waals surface area contributed by atoms with Crippen molar-refractivity contribution in [3.05, 3.63) is 59.7 Å². The molecule has 2 aromatic rings. The Bertz CT molecular complexity index is 689. The molecule has 2 atom stereocenters. The van der Waals surface area contributed by atoms with Gasteiger partial charge in [-0.2, -0.15) is 0 Å². The van der Waals surface area contributed by atoms with Crippen molar-refractivity contribution < 1.29 is 0 Å². The summed E-state index contributed by atoms with van der Waals surface area (Å²) in [4.78, 5) is 2.58. The number of rotatable bonds is 10. The fourth-order valence-corrected chi connectivity index (χ4v) is 4.40. The lowest BCUT2D eigenvalue weighted by atomic mass is 9.92. The second-order valence-electron chi connectivity index (χ2n) is 8.72. The van der Waals surface area contributed by atoms with Crippen LogP contribution in [0.5, 0.6) is 0 Å². The lowest BCUT2D eigenvalue weighted by molar-refractivity contribution is 0.399. The van der Waals surface area contributed by atoms with E-state index in [1.165, 1.54) is 74.1 Å². The Hall–Kier alpha value is -1.96. The molecule has 0 saturated carbocycles. The van der Waals surface area contributed by atoms with Gasteiger partial charge in [0.1, 0.15) is 0 Å². The molecule has 1 N–H and O–H groups in total. The molecule has 1 heterocycles. The highest BCUT2D eigenvalue weighted by Gasteiger charge is 2.22. The molecule has 0 amide bonds. The Morgan fingerprint density at radius 3 is 2.32 bits per heavy atom. The quantitative estimate of drug-likeness (QED) is 0.487. The SMILES string of the molecule is CCC(CCCC1CCN(c2ccc(C)cc2)C1)CCNc1ccc(C)cc1. The van der Waals surface area contributed by atoms with E-state index in [-0.39, 0.29) is 0 Å².